The lowest BCUT2D eigenvalue weighted by Gasteiger charge is -2.46. The van der Waals surface area contributed by atoms with E-state index in [0.29, 0.717) is 19.8 Å². The van der Waals surface area contributed by atoms with Gasteiger partial charge in [-0.3, -0.25) is 4.90 Å². The molecule has 0 spiro atoms. The van der Waals surface area contributed by atoms with Crippen LogP contribution in [0.15, 0.2) is 12.2 Å². The van der Waals surface area contributed by atoms with E-state index in [2.05, 4.69) is 27.4 Å². The average molecular weight is 255 g/mol. The average Bonchev–Trinajstić information content (AvgIpc) is 2.61. The second-order valence-corrected chi connectivity index (χ2v) is 6.27. The first-order valence-corrected chi connectivity index (χ1v) is 6.43. The molecule has 0 aromatic rings. The van der Waals surface area contributed by atoms with Crippen LogP contribution in [0.3, 0.4) is 0 Å². The standard InChI is InChI=1S/C14H25NO3/c1-11(2)9-18-10-14(13(3,4)5)7-6-8-15(14)12(16)17/h1,6-10H2,2-5H3,(H,16,17)/t14-/m0/s1. The van der Waals surface area contributed by atoms with Gasteiger partial charge in [0, 0.05) is 6.54 Å². The maximum Gasteiger partial charge on any atom is 0.407 e. The van der Waals surface area contributed by atoms with Crippen LogP contribution in [-0.4, -0.2) is 41.4 Å². The highest BCUT2D eigenvalue weighted by Gasteiger charge is 2.51. The summed E-state index contributed by atoms with van der Waals surface area (Å²) in [5.41, 5.74) is 0.393. The summed E-state index contributed by atoms with van der Waals surface area (Å²) < 4.78 is 5.68. The first-order chi connectivity index (χ1) is 8.21. The molecule has 0 saturated carbocycles. The first kappa shape index (κ1) is 15.0. The van der Waals surface area contributed by atoms with Crippen LogP contribution in [0.1, 0.15) is 40.5 Å². The number of likely N-dealkylation sites (tertiary alicyclic amines) is 1. The van der Waals surface area contributed by atoms with Gasteiger partial charge < -0.3 is 9.84 Å². The summed E-state index contributed by atoms with van der Waals surface area (Å²) in [6, 6.07) is 0. The Balaban J connectivity index is 2.89. The maximum absolute atomic E-state index is 11.4. The number of nitrogens with zero attached hydrogens (tertiary/aromatic N) is 1. The van der Waals surface area contributed by atoms with E-state index in [4.69, 9.17) is 4.74 Å². The molecule has 1 amide bonds. The van der Waals surface area contributed by atoms with Gasteiger partial charge in [-0.15, -0.1) is 0 Å². The van der Waals surface area contributed by atoms with E-state index in [1.54, 1.807) is 4.90 Å². The van der Waals surface area contributed by atoms with Crippen molar-refractivity contribution in [3.8, 4) is 0 Å². The molecule has 1 heterocycles. The normalized spacial score (nSPS) is 24.3. The van der Waals surface area contributed by atoms with Gasteiger partial charge in [0.25, 0.3) is 0 Å². The molecule has 104 valence electrons. The van der Waals surface area contributed by atoms with E-state index in [0.717, 1.165) is 18.4 Å². The zero-order chi connectivity index (χ0) is 14.0. The number of rotatable bonds is 4. The van der Waals surface area contributed by atoms with Crippen molar-refractivity contribution in [2.24, 2.45) is 5.41 Å². The molecular formula is C14H25NO3. The Morgan fingerprint density at radius 3 is 2.56 bits per heavy atom. The summed E-state index contributed by atoms with van der Waals surface area (Å²) in [5.74, 6) is 0. The number of carboxylic acid groups (broad SMARTS) is 1. The van der Waals surface area contributed by atoms with E-state index < -0.39 is 11.6 Å². The predicted octanol–water partition coefficient (Wildman–Crippen LogP) is 3.14. The van der Waals surface area contributed by atoms with Crippen LogP contribution in [0, 0.1) is 5.41 Å². The molecule has 4 nitrogen and oxygen atoms in total. The molecule has 1 saturated heterocycles. The molecule has 0 aromatic carbocycles. The molecule has 4 heteroatoms. The molecule has 0 radical (unpaired) electrons. The van der Waals surface area contributed by atoms with Gasteiger partial charge in [0.2, 0.25) is 0 Å². The van der Waals surface area contributed by atoms with Crippen molar-refractivity contribution in [3.05, 3.63) is 12.2 Å². The first-order valence-electron chi connectivity index (χ1n) is 6.43. The Hall–Kier alpha value is -1.03. The third-order valence-corrected chi connectivity index (χ3v) is 3.81. The summed E-state index contributed by atoms with van der Waals surface area (Å²) in [4.78, 5) is 13.0. The van der Waals surface area contributed by atoms with Crippen molar-refractivity contribution in [2.75, 3.05) is 19.8 Å². The van der Waals surface area contributed by atoms with Crippen LogP contribution in [0.5, 0.6) is 0 Å². The second kappa shape index (κ2) is 5.31. The molecule has 1 atom stereocenters. The van der Waals surface area contributed by atoms with Crippen molar-refractivity contribution in [2.45, 2.75) is 46.1 Å². The van der Waals surface area contributed by atoms with Crippen LogP contribution >= 0.6 is 0 Å². The Bertz CT molecular complexity index is 332. The lowest BCUT2D eigenvalue weighted by atomic mass is 9.72. The largest absolute Gasteiger partial charge is 0.465 e. The van der Waals surface area contributed by atoms with Crippen molar-refractivity contribution in [1.82, 2.24) is 4.90 Å². The van der Waals surface area contributed by atoms with Crippen LogP contribution in [0.2, 0.25) is 0 Å². The zero-order valence-corrected chi connectivity index (χ0v) is 12.0. The van der Waals surface area contributed by atoms with Crippen molar-refractivity contribution in [1.29, 1.82) is 0 Å². The van der Waals surface area contributed by atoms with Gasteiger partial charge in [0.1, 0.15) is 0 Å². The molecule has 1 rings (SSSR count). The fraction of sp³-hybridized carbons (Fsp3) is 0.786. The summed E-state index contributed by atoms with van der Waals surface area (Å²) in [6.45, 7) is 13.5. The van der Waals surface area contributed by atoms with Crippen LogP contribution < -0.4 is 0 Å². The number of ether oxygens (including phenoxy) is 1. The van der Waals surface area contributed by atoms with Gasteiger partial charge in [-0.2, -0.15) is 0 Å². The fourth-order valence-electron chi connectivity index (χ4n) is 2.70. The van der Waals surface area contributed by atoms with E-state index in [-0.39, 0.29) is 5.41 Å². The smallest absolute Gasteiger partial charge is 0.407 e. The quantitative estimate of drug-likeness (QED) is 0.785. The molecule has 0 aromatic heterocycles. The minimum Gasteiger partial charge on any atom is -0.465 e. The molecule has 18 heavy (non-hydrogen) atoms. The minimum absolute atomic E-state index is 0.142. The van der Waals surface area contributed by atoms with Gasteiger partial charge in [-0.25, -0.2) is 4.79 Å². The third-order valence-electron chi connectivity index (χ3n) is 3.81. The highest BCUT2D eigenvalue weighted by molar-refractivity contribution is 5.67. The SMILES string of the molecule is C=C(C)COC[C@]1(C(C)(C)C)CCCN1C(=O)O. The summed E-state index contributed by atoms with van der Waals surface area (Å²) in [7, 11) is 0. The lowest BCUT2D eigenvalue weighted by molar-refractivity contribution is -0.0348. The molecule has 0 bridgehead atoms. The minimum atomic E-state index is -0.846. The summed E-state index contributed by atoms with van der Waals surface area (Å²) >= 11 is 0. The van der Waals surface area contributed by atoms with Crippen LogP contribution in [0.4, 0.5) is 4.79 Å². The van der Waals surface area contributed by atoms with Crippen LogP contribution in [0.25, 0.3) is 0 Å². The molecule has 1 fully saturated rings. The molecule has 0 unspecified atom stereocenters. The summed E-state index contributed by atoms with van der Waals surface area (Å²) in [5, 5.41) is 9.37. The highest BCUT2D eigenvalue weighted by Crippen LogP contribution is 2.43. The van der Waals surface area contributed by atoms with E-state index >= 15 is 0 Å². The Labute approximate surface area is 110 Å². The number of carbonyl (C=O) groups is 1. The van der Waals surface area contributed by atoms with E-state index in [9.17, 15) is 9.90 Å². The van der Waals surface area contributed by atoms with Gasteiger partial charge in [-0.1, -0.05) is 32.9 Å². The van der Waals surface area contributed by atoms with Crippen molar-refractivity contribution in [3.63, 3.8) is 0 Å². The summed E-state index contributed by atoms with van der Waals surface area (Å²) in [6.07, 6.45) is 0.917. The number of hydrogen-bond acceptors (Lipinski definition) is 2. The van der Waals surface area contributed by atoms with Crippen molar-refractivity contribution < 1.29 is 14.6 Å². The topological polar surface area (TPSA) is 49.8 Å². The van der Waals surface area contributed by atoms with Crippen LogP contribution in [-0.2, 0) is 4.74 Å². The molecule has 1 aliphatic rings. The predicted molar refractivity (Wildman–Crippen MR) is 71.8 cm³/mol. The molecule has 1 N–H and O–H groups in total. The second-order valence-electron chi connectivity index (χ2n) is 6.27. The number of hydrogen-bond donors (Lipinski definition) is 1. The Kier molecular flexibility index (Phi) is 4.43. The molecule has 0 aliphatic carbocycles. The monoisotopic (exact) mass is 255 g/mol. The van der Waals surface area contributed by atoms with E-state index in [1.807, 2.05) is 6.92 Å². The van der Waals surface area contributed by atoms with E-state index in [1.165, 1.54) is 0 Å². The zero-order valence-electron chi connectivity index (χ0n) is 12.0. The third kappa shape index (κ3) is 2.86. The Morgan fingerprint density at radius 2 is 2.11 bits per heavy atom. The highest BCUT2D eigenvalue weighted by atomic mass is 16.5. The lowest BCUT2D eigenvalue weighted by Crippen LogP contribution is -2.58. The number of amides is 1. The Morgan fingerprint density at radius 1 is 1.50 bits per heavy atom. The molecular weight excluding hydrogens is 230 g/mol. The van der Waals surface area contributed by atoms with Gasteiger partial charge >= 0.3 is 6.09 Å². The van der Waals surface area contributed by atoms with Gasteiger partial charge in [0.05, 0.1) is 18.8 Å². The molecule has 1 aliphatic heterocycles. The van der Waals surface area contributed by atoms with Gasteiger partial charge in [0.15, 0.2) is 0 Å². The van der Waals surface area contributed by atoms with Gasteiger partial charge in [-0.05, 0) is 25.2 Å². The fourth-order valence-corrected chi connectivity index (χ4v) is 2.70. The van der Waals surface area contributed by atoms with Crippen molar-refractivity contribution >= 4 is 6.09 Å². The maximum atomic E-state index is 11.4.